The van der Waals surface area contributed by atoms with Crippen molar-refractivity contribution in [2.75, 3.05) is 0 Å². The third-order valence-electron chi connectivity index (χ3n) is 3.83. The van der Waals surface area contributed by atoms with Gasteiger partial charge in [-0.2, -0.15) is 0 Å². The molecule has 0 atom stereocenters. The molecular weight excluding hydrogens is 441 g/mol. The predicted molar refractivity (Wildman–Crippen MR) is 102 cm³/mol. The summed E-state index contributed by atoms with van der Waals surface area (Å²) in [6.45, 7) is 1.71. The smallest absolute Gasteiger partial charge is 0.267 e. The molecule has 0 aliphatic heterocycles. The molecule has 122 valence electrons. The molecule has 1 aromatic heterocycles. The van der Waals surface area contributed by atoms with Gasteiger partial charge in [0, 0.05) is 14.7 Å². The molecule has 0 spiro atoms. The highest BCUT2D eigenvalue weighted by atomic mass is 127. The molecule has 0 unspecified atom stereocenters. The first-order chi connectivity index (χ1) is 11.5. The number of hydrazine groups is 1. The van der Waals surface area contributed by atoms with Gasteiger partial charge in [-0.1, -0.05) is 29.8 Å². The second-order valence-electron chi connectivity index (χ2n) is 5.22. The first kappa shape index (κ1) is 16.9. The lowest BCUT2D eigenvalue weighted by Gasteiger charge is -2.09. The SMILES string of the molecule is Cc1c(C(=O)NN)c2ccccc2n1C(=O)c1cc(I)ccc1Cl. The average Bonchev–Trinajstić information content (AvgIpc) is 2.87. The van der Waals surface area contributed by atoms with E-state index < -0.39 is 5.91 Å². The number of nitrogens with zero attached hydrogens (tertiary/aromatic N) is 1. The Balaban J connectivity index is 2.30. The third kappa shape index (κ3) is 2.70. The maximum absolute atomic E-state index is 13.1. The van der Waals surface area contributed by atoms with Crippen LogP contribution in [0.15, 0.2) is 42.5 Å². The van der Waals surface area contributed by atoms with Gasteiger partial charge in [0.15, 0.2) is 0 Å². The molecule has 0 saturated carbocycles. The summed E-state index contributed by atoms with van der Waals surface area (Å²) in [4.78, 5) is 25.2. The zero-order valence-electron chi connectivity index (χ0n) is 12.6. The molecule has 1 heterocycles. The van der Waals surface area contributed by atoms with Gasteiger partial charge in [0.2, 0.25) is 0 Å². The standard InChI is InChI=1S/C17H13ClIN3O2/c1-9-15(16(23)21-20)11-4-2-3-5-14(11)22(9)17(24)12-8-10(19)6-7-13(12)18/h2-8H,20H2,1H3,(H,21,23). The summed E-state index contributed by atoms with van der Waals surface area (Å²) in [7, 11) is 0. The fourth-order valence-corrected chi connectivity index (χ4v) is 3.46. The number of hydrogen-bond donors (Lipinski definition) is 2. The maximum Gasteiger partial charge on any atom is 0.267 e. The topological polar surface area (TPSA) is 77.1 Å². The Morgan fingerprint density at radius 2 is 1.92 bits per heavy atom. The molecule has 3 rings (SSSR count). The Kier molecular flexibility index (Phi) is 4.62. The van der Waals surface area contributed by atoms with E-state index in [9.17, 15) is 9.59 Å². The first-order valence-electron chi connectivity index (χ1n) is 7.06. The summed E-state index contributed by atoms with van der Waals surface area (Å²) in [5.41, 5.74) is 4.04. The van der Waals surface area contributed by atoms with Gasteiger partial charge in [-0.25, -0.2) is 5.84 Å². The summed E-state index contributed by atoms with van der Waals surface area (Å²) >= 11 is 8.33. The molecule has 0 radical (unpaired) electrons. The number of halogens is 2. The number of nitrogens with two attached hydrogens (primary N) is 1. The van der Waals surface area contributed by atoms with Gasteiger partial charge in [0.05, 0.1) is 21.7 Å². The molecule has 3 aromatic rings. The maximum atomic E-state index is 13.1. The van der Waals surface area contributed by atoms with Crippen molar-refractivity contribution in [3.05, 3.63) is 67.9 Å². The first-order valence-corrected chi connectivity index (χ1v) is 8.52. The van der Waals surface area contributed by atoms with Gasteiger partial charge in [-0.05, 0) is 53.8 Å². The van der Waals surface area contributed by atoms with Crippen LogP contribution < -0.4 is 11.3 Å². The van der Waals surface area contributed by atoms with E-state index in [1.165, 1.54) is 4.57 Å². The van der Waals surface area contributed by atoms with Crippen LogP contribution in [0, 0.1) is 10.5 Å². The zero-order valence-corrected chi connectivity index (χ0v) is 15.6. The molecule has 3 N–H and O–H groups in total. The molecule has 0 aliphatic rings. The van der Waals surface area contributed by atoms with Crippen LogP contribution in [0.5, 0.6) is 0 Å². The van der Waals surface area contributed by atoms with Crippen molar-refractivity contribution in [3.63, 3.8) is 0 Å². The van der Waals surface area contributed by atoms with Crippen LogP contribution in [-0.2, 0) is 0 Å². The van der Waals surface area contributed by atoms with Crippen LogP contribution in [0.1, 0.15) is 26.4 Å². The number of benzene rings is 2. The second-order valence-corrected chi connectivity index (χ2v) is 6.87. The highest BCUT2D eigenvalue weighted by Gasteiger charge is 2.24. The van der Waals surface area contributed by atoms with E-state index in [4.69, 9.17) is 17.4 Å². The monoisotopic (exact) mass is 453 g/mol. The second kappa shape index (κ2) is 6.54. The van der Waals surface area contributed by atoms with Gasteiger partial charge in [0.1, 0.15) is 0 Å². The van der Waals surface area contributed by atoms with Crippen LogP contribution >= 0.6 is 34.2 Å². The quantitative estimate of drug-likeness (QED) is 0.270. The minimum absolute atomic E-state index is 0.289. The Hall–Kier alpha value is -1.90. The lowest BCUT2D eigenvalue weighted by Crippen LogP contribution is -2.30. The molecule has 5 nitrogen and oxygen atoms in total. The number of nitrogen functional groups attached to an aromatic ring is 1. The summed E-state index contributed by atoms with van der Waals surface area (Å²) in [6, 6.07) is 12.4. The van der Waals surface area contributed by atoms with Crippen LogP contribution in [0.3, 0.4) is 0 Å². The molecule has 7 heteroatoms. The van der Waals surface area contributed by atoms with E-state index in [0.29, 0.717) is 32.7 Å². The minimum atomic E-state index is -0.441. The van der Waals surface area contributed by atoms with Crippen molar-refractivity contribution >= 4 is 56.9 Å². The molecule has 2 aromatic carbocycles. The van der Waals surface area contributed by atoms with E-state index in [1.54, 1.807) is 31.2 Å². The van der Waals surface area contributed by atoms with Crippen molar-refractivity contribution < 1.29 is 9.59 Å². The van der Waals surface area contributed by atoms with E-state index in [2.05, 4.69) is 28.0 Å². The van der Waals surface area contributed by atoms with E-state index in [0.717, 1.165) is 3.57 Å². The van der Waals surface area contributed by atoms with Gasteiger partial charge in [0.25, 0.3) is 11.8 Å². The number of carbonyl (C=O) groups is 2. The zero-order chi connectivity index (χ0) is 17.4. The van der Waals surface area contributed by atoms with Gasteiger partial charge >= 0.3 is 0 Å². The molecular formula is C17H13ClIN3O2. The van der Waals surface area contributed by atoms with Crippen LogP contribution in [-0.4, -0.2) is 16.4 Å². The summed E-state index contributed by atoms with van der Waals surface area (Å²) in [5, 5.41) is 1.02. The predicted octanol–water partition coefficient (Wildman–Crippen LogP) is 3.50. The van der Waals surface area contributed by atoms with Crippen molar-refractivity contribution in [2.24, 2.45) is 5.84 Å². The van der Waals surface area contributed by atoms with E-state index >= 15 is 0 Å². The fourth-order valence-electron chi connectivity index (χ4n) is 2.77. The molecule has 24 heavy (non-hydrogen) atoms. The summed E-state index contributed by atoms with van der Waals surface area (Å²) < 4.78 is 2.39. The highest BCUT2D eigenvalue weighted by Crippen LogP contribution is 2.28. The number of nitrogens with one attached hydrogen (secondary N) is 1. The van der Waals surface area contributed by atoms with E-state index in [-0.39, 0.29) is 5.91 Å². The molecule has 0 bridgehead atoms. The molecule has 0 aliphatic carbocycles. The number of carbonyl (C=O) groups excluding carboxylic acids is 2. The van der Waals surface area contributed by atoms with Gasteiger partial charge in [-0.15, -0.1) is 0 Å². The Labute approximate surface area is 156 Å². The van der Waals surface area contributed by atoms with Gasteiger partial charge in [-0.3, -0.25) is 19.6 Å². The molecule has 0 saturated heterocycles. The summed E-state index contributed by atoms with van der Waals surface area (Å²) in [5.74, 6) is 4.56. The summed E-state index contributed by atoms with van der Waals surface area (Å²) in [6.07, 6.45) is 0. The van der Waals surface area contributed by atoms with Crippen molar-refractivity contribution in [1.29, 1.82) is 0 Å². The van der Waals surface area contributed by atoms with Crippen LogP contribution in [0.25, 0.3) is 10.9 Å². The molecule has 0 fully saturated rings. The van der Waals surface area contributed by atoms with Crippen molar-refractivity contribution in [1.82, 2.24) is 9.99 Å². The number of hydrogen-bond acceptors (Lipinski definition) is 3. The van der Waals surface area contributed by atoms with Crippen LogP contribution in [0.4, 0.5) is 0 Å². The van der Waals surface area contributed by atoms with Gasteiger partial charge < -0.3 is 0 Å². The lowest BCUT2D eigenvalue weighted by molar-refractivity contribution is 0.0954. The van der Waals surface area contributed by atoms with Crippen LogP contribution in [0.2, 0.25) is 5.02 Å². The largest absolute Gasteiger partial charge is 0.290 e. The Morgan fingerprint density at radius 1 is 1.21 bits per heavy atom. The Bertz CT molecular complexity index is 981. The number of amides is 1. The van der Waals surface area contributed by atoms with Crippen molar-refractivity contribution in [2.45, 2.75) is 6.92 Å². The number of para-hydroxylation sites is 1. The number of fused-ring (bicyclic) bond motifs is 1. The lowest BCUT2D eigenvalue weighted by atomic mass is 10.1. The third-order valence-corrected chi connectivity index (χ3v) is 4.83. The normalized spacial score (nSPS) is 10.8. The minimum Gasteiger partial charge on any atom is -0.290 e. The highest BCUT2D eigenvalue weighted by molar-refractivity contribution is 14.1. The van der Waals surface area contributed by atoms with E-state index in [1.807, 2.05) is 18.2 Å². The Morgan fingerprint density at radius 3 is 2.62 bits per heavy atom. The average molecular weight is 454 g/mol. The van der Waals surface area contributed by atoms with Crippen molar-refractivity contribution in [3.8, 4) is 0 Å². The fraction of sp³-hybridized carbons (Fsp3) is 0.0588. The molecule has 1 amide bonds. The number of aromatic nitrogens is 1. The number of rotatable bonds is 2.